The second-order valence-electron chi connectivity index (χ2n) is 3.99. The monoisotopic (exact) mass is 217 g/mol. The van der Waals surface area contributed by atoms with Crippen LogP contribution >= 0.6 is 0 Å². The van der Waals surface area contributed by atoms with Crippen molar-refractivity contribution in [1.29, 1.82) is 0 Å². The summed E-state index contributed by atoms with van der Waals surface area (Å²) < 4.78 is 0. The normalized spacial score (nSPS) is 15.3. The maximum Gasteiger partial charge on any atom is 0.156 e. The van der Waals surface area contributed by atoms with E-state index in [0.717, 1.165) is 12.8 Å². The lowest BCUT2D eigenvalue weighted by Gasteiger charge is -2.31. The number of aliphatic hydroxyl groups is 1. The number of nitrogens with zero attached hydrogens (tertiary/aromatic N) is 1. The van der Waals surface area contributed by atoms with Gasteiger partial charge in [0.2, 0.25) is 0 Å². The van der Waals surface area contributed by atoms with Crippen molar-refractivity contribution in [2.75, 3.05) is 13.2 Å². The highest BCUT2D eigenvalue weighted by Gasteiger charge is 2.25. The Bertz CT molecular complexity index is 195. The van der Waals surface area contributed by atoms with Gasteiger partial charge >= 0.3 is 0 Å². The highest BCUT2D eigenvalue weighted by atomic mass is 16.4. The van der Waals surface area contributed by atoms with Gasteiger partial charge in [0.15, 0.2) is 5.84 Å². The third-order valence-corrected chi connectivity index (χ3v) is 3.18. The molecule has 0 aliphatic rings. The third kappa shape index (κ3) is 4.05. The van der Waals surface area contributed by atoms with Gasteiger partial charge in [-0.05, 0) is 19.8 Å². The van der Waals surface area contributed by atoms with Crippen LogP contribution in [0.15, 0.2) is 5.16 Å². The van der Waals surface area contributed by atoms with Crippen molar-refractivity contribution in [2.45, 2.75) is 39.7 Å². The Labute approximate surface area is 91.4 Å². The highest BCUT2D eigenvalue weighted by Crippen LogP contribution is 2.24. The molecule has 0 aromatic heterocycles. The zero-order chi connectivity index (χ0) is 11.9. The number of nitrogens with one attached hydrogen (secondary N) is 1. The Morgan fingerprint density at radius 3 is 2.33 bits per heavy atom. The minimum atomic E-state index is -0.181. The maximum atomic E-state index is 9.33. The van der Waals surface area contributed by atoms with E-state index in [4.69, 9.17) is 10.9 Å². The van der Waals surface area contributed by atoms with Crippen molar-refractivity contribution in [3.8, 4) is 0 Å². The van der Waals surface area contributed by atoms with Gasteiger partial charge in [0, 0.05) is 18.6 Å². The predicted octanol–water partition coefficient (Wildman–Crippen LogP) is 0.510. The predicted molar refractivity (Wildman–Crippen MR) is 61.0 cm³/mol. The molecule has 1 unspecified atom stereocenters. The Balaban J connectivity index is 4.22. The standard InChI is InChI=1S/C10H23N3O2/c1-4-10(5-2,7-14)6-12-8(3)9(11)13-15/h8,12,14-15H,4-7H2,1-3H3,(H2,11,13). The summed E-state index contributed by atoms with van der Waals surface area (Å²) in [5.41, 5.74) is 5.34. The molecule has 5 heteroatoms. The lowest BCUT2D eigenvalue weighted by molar-refractivity contribution is 0.112. The lowest BCUT2D eigenvalue weighted by Crippen LogP contribution is -2.45. The SMILES string of the molecule is CCC(CC)(CO)CNC(C)C(N)=NO. The molecule has 0 saturated heterocycles. The van der Waals surface area contributed by atoms with E-state index in [1.807, 2.05) is 6.92 Å². The molecule has 0 radical (unpaired) electrons. The first kappa shape index (κ1) is 14.2. The molecular weight excluding hydrogens is 194 g/mol. The van der Waals surface area contributed by atoms with Crippen molar-refractivity contribution < 1.29 is 10.3 Å². The first-order chi connectivity index (χ1) is 7.05. The number of amidine groups is 1. The van der Waals surface area contributed by atoms with E-state index in [-0.39, 0.29) is 23.9 Å². The molecule has 0 aromatic rings. The van der Waals surface area contributed by atoms with Crippen molar-refractivity contribution in [3.05, 3.63) is 0 Å². The van der Waals surface area contributed by atoms with E-state index >= 15 is 0 Å². The Hall–Kier alpha value is -0.810. The second-order valence-corrected chi connectivity index (χ2v) is 3.99. The summed E-state index contributed by atoms with van der Waals surface area (Å²) in [4.78, 5) is 0. The van der Waals surface area contributed by atoms with Crippen LogP contribution in [0.4, 0.5) is 0 Å². The Morgan fingerprint density at radius 2 is 2.00 bits per heavy atom. The van der Waals surface area contributed by atoms with Crippen LogP contribution in [-0.2, 0) is 0 Å². The molecule has 0 aliphatic heterocycles. The summed E-state index contributed by atoms with van der Waals surface area (Å²) in [5, 5.41) is 23.9. The van der Waals surface area contributed by atoms with Crippen molar-refractivity contribution in [2.24, 2.45) is 16.3 Å². The molecule has 5 nitrogen and oxygen atoms in total. The summed E-state index contributed by atoms with van der Waals surface area (Å²) in [5.74, 6) is 0.161. The van der Waals surface area contributed by atoms with Crippen molar-refractivity contribution >= 4 is 5.84 Å². The quantitative estimate of drug-likeness (QED) is 0.216. The molecule has 5 N–H and O–H groups in total. The number of aliphatic hydroxyl groups excluding tert-OH is 1. The molecule has 1 atom stereocenters. The zero-order valence-electron chi connectivity index (χ0n) is 9.82. The van der Waals surface area contributed by atoms with Crippen LogP contribution in [0.5, 0.6) is 0 Å². The van der Waals surface area contributed by atoms with Gasteiger partial charge in [-0.25, -0.2) is 0 Å². The Kier molecular flexibility index (Phi) is 6.27. The van der Waals surface area contributed by atoms with E-state index in [2.05, 4.69) is 24.3 Å². The first-order valence-corrected chi connectivity index (χ1v) is 5.37. The first-order valence-electron chi connectivity index (χ1n) is 5.37. The third-order valence-electron chi connectivity index (χ3n) is 3.18. The topological polar surface area (TPSA) is 90.9 Å². The minimum Gasteiger partial charge on any atom is -0.409 e. The van der Waals surface area contributed by atoms with Crippen LogP contribution in [0.2, 0.25) is 0 Å². The molecule has 0 bridgehead atoms. The van der Waals surface area contributed by atoms with Crippen LogP contribution < -0.4 is 11.1 Å². The molecule has 0 fully saturated rings. The molecular formula is C10H23N3O2. The summed E-state index contributed by atoms with van der Waals surface area (Å²) in [7, 11) is 0. The van der Waals surface area contributed by atoms with Gasteiger partial charge in [-0.15, -0.1) is 0 Å². The summed E-state index contributed by atoms with van der Waals surface area (Å²) in [6, 6.07) is -0.181. The number of rotatable bonds is 7. The fraction of sp³-hybridized carbons (Fsp3) is 0.900. The van der Waals surface area contributed by atoms with Crippen molar-refractivity contribution in [3.63, 3.8) is 0 Å². The van der Waals surface area contributed by atoms with Crippen LogP contribution in [-0.4, -0.2) is 35.3 Å². The van der Waals surface area contributed by atoms with Crippen LogP contribution in [0.25, 0.3) is 0 Å². The zero-order valence-corrected chi connectivity index (χ0v) is 9.82. The van der Waals surface area contributed by atoms with Crippen molar-refractivity contribution in [1.82, 2.24) is 5.32 Å². The van der Waals surface area contributed by atoms with E-state index in [1.54, 1.807) is 0 Å². The minimum absolute atomic E-state index is 0.107. The van der Waals surface area contributed by atoms with Crippen LogP contribution in [0.3, 0.4) is 0 Å². The van der Waals surface area contributed by atoms with Gasteiger partial charge in [-0.2, -0.15) is 0 Å². The molecule has 0 saturated carbocycles. The number of hydrogen-bond donors (Lipinski definition) is 4. The molecule has 0 amide bonds. The van der Waals surface area contributed by atoms with Crippen LogP contribution in [0.1, 0.15) is 33.6 Å². The van der Waals surface area contributed by atoms with Gasteiger partial charge in [-0.1, -0.05) is 19.0 Å². The van der Waals surface area contributed by atoms with Gasteiger partial charge in [0.1, 0.15) is 0 Å². The molecule has 90 valence electrons. The summed E-state index contributed by atoms with van der Waals surface area (Å²) >= 11 is 0. The van der Waals surface area contributed by atoms with Gasteiger partial charge in [0.25, 0.3) is 0 Å². The van der Waals surface area contributed by atoms with E-state index in [9.17, 15) is 5.11 Å². The number of oxime groups is 1. The maximum absolute atomic E-state index is 9.33. The summed E-state index contributed by atoms with van der Waals surface area (Å²) in [6.45, 7) is 6.73. The van der Waals surface area contributed by atoms with E-state index in [0.29, 0.717) is 6.54 Å². The average molecular weight is 217 g/mol. The van der Waals surface area contributed by atoms with Crippen LogP contribution in [0, 0.1) is 5.41 Å². The number of hydrogen-bond acceptors (Lipinski definition) is 4. The van der Waals surface area contributed by atoms with Gasteiger partial charge in [-0.3, -0.25) is 0 Å². The lowest BCUT2D eigenvalue weighted by atomic mass is 9.83. The average Bonchev–Trinajstić information content (AvgIpc) is 2.30. The molecule has 0 aliphatic carbocycles. The molecule has 0 rings (SSSR count). The Morgan fingerprint density at radius 1 is 1.47 bits per heavy atom. The molecule has 0 spiro atoms. The van der Waals surface area contributed by atoms with E-state index in [1.165, 1.54) is 0 Å². The number of nitrogens with two attached hydrogens (primary N) is 1. The summed E-state index contributed by atoms with van der Waals surface area (Å²) in [6.07, 6.45) is 1.80. The van der Waals surface area contributed by atoms with Gasteiger partial charge < -0.3 is 21.4 Å². The van der Waals surface area contributed by atoms with E-state index < -0.39 is 0 Å². The molecule has 0 aromatic carbocycles. The molecule has 15 heavy (non-hydrogen) atoms. The smallest absolute Gasteiger partial charge is 0.156 e. The van der Waals surface area contributed by atoms with Gasteiger partial charge in [0.05, 0.1) is 6.04 Å². The second kappa shape index (κ2) is 6.63. The molecule has 0 heterocycles. The highest BCUT2D eigenvalue weighted by molar-refractivity contribution is 5.84. The fourth-order valence-electron chi connectivity index (χ4n) is 1.34. The largest absolute Gasteiger partial charge is 0.409 e. The fourth-order valence-corrected chi connectivity index (χ4v) is 1.34.